The van der Waals surface area contributed by atoms with Crippen LogP contribution in [0.1, 0.15) is 27.8 Å². The third-order valence-electron chi connectivity index (χ3n) is 4.82. The number of carbonyl (C=O) groups excluding carboxylic acids is 1. The molecule has 0 atom stereocenters. The van der Waals surface area contributed by atoms with E-state index in [4.69, 9.17) is 32.7 Å². The molecule has 0 aromatic heterocycles. The fourth-order valence-corrected chi connectivity index (χ4v) is 3.43. The quantitative estimate of drug-likeness (QED) is 0.329. The first kappa shape index (κ1) is 23.6. The second-order valence-electron chi connectivity index (χ2n) is 7.35. The Kier molecular flexibility index (Phi) is 8.14. The van der Waals surface area contributed by atoms with Gasteiger partial charge in [-0.1, -0.05) is 53.0 Å². The fraction of sp³-hybridized carbons (Fsp3) is 0.200. The van der Waals surface area contributed by atoms with Crippen LogP contribution in [0.15, 0.2) is 59.7 Å². The lowest BCUT2D eigenvalue weighted by Crippen LogP contribution is -2.20. The zero-order valence-corrected chi connectivity index (χ0v) is 19.6. The van der Waals surface area contributed by atoms with Gasteiger partial charge in [-0.15, -0.1) is 0 Å². The van der Waals surface area contributed by atoms with Crippen LogP contribution < -0.4 is 14.9 Å². The number of hydrogen-bond acceptors (Lipinski definition) is 4. The van der Waals surface area contributed by atoms with E-state index in [2.05, 4.69) is 16.6 Å². The van der Waals surface area contributed by atoms with E-state index in [1.54, 1.807) is 37.6 Å². The molecule has 0 saturated heterocycles. The van der Waals surface area contributed by atoms with Gasteiger partial charge in [0.2, 0.25) is 5.91 Å². The lowest BCUT2D eigenvalue weighted by atomic mass is 10.0. The van der Waals surface area contributed by atoms with E-state index in [0.717, 1.165) is 22.3 Å². The van der Waals surface area contributed by atoms with E-state index < -0.39 is 0 Å². The number of aryl methyl sites for hydroxylation is 2. The van der Waals surface area contributed by atoms with E-state index in [0.29, 0.717) is 28.2 Å². The number of nitrogens with one attached hydrogen (secondary N) is 1. The molecule has 3 aromatic rings. The van der Waals surface area contributed by atoms with Crippen LogP contribution in [0.4, 0.5) is 0 Å². The monoisotopic (exact) mass is 470 g/mol. The molecule has 0 aliphatic heterocycles. The molecule has 5 nitrogen and oxygen atoms in total. The SMILES string of the molecule is COc1cc(/C=N\NC(=O)Cc2ccc(C)cc2C)ccc1OCc1ccc(Cl)c(Cl)c1. The van der Waals surface area contributed by atoms with Gasteiger partial charge in [0.05, 0.1) is 29.8 Å². The second-order valence-corrected chi connectivity index (χ2v) is 8.16. The molecule has 166 valence electrons. The van der Waals surface area contributed by atoms with Gasteiger partial charge in [0.25, 0.3) is 0 Å². The summed E-state index contributed by atoms with van der Waals surface area (Å²) in [6.07, 6.45) is 1.83. The summed E-state index contributed by atoms with van der Waals surface area (Å²) in [4.78, 5) is 12.2. The van der Waals surface area contributed by atoms with Crippen molar-refractivity contribution in [1.29, 1.82) is 0 Å². The van der Waals surface area contributed by atoms with E-state index >= 15 is 0 Å². The van der Waals surface area contributed by atoms with Gasteiger partial charge in [-0.2, -0.15) is 5.10 Å². The Morgan fingerprint density at radius 3 is 2.53 bits per heavy atom. The zero-order valence-electron chi connectivity index (χ0n) is 18.1. The highest BCUT2D eigenvalue weighted by molar-refractivity contribution is 6.42. The average molecular weight is 471 g/mol. The van der Waals surface area contributed by atoms with Crippen molar-refractivity contribution >= 4 is 35.3 Å². The number of ether oxygens (including phenoxy) is 2. The van der Waals surface area contributed by atoms with Crippen LogP contribution in [0.3, 0.4) is 0 Å². The van der Waals surface area contributed by atoms with E-state index in [1.165, 1.54) is 5.56 Å². The van der Waals surface area contributed by atoms with Crippen molar-refractivity contribution in [2.75, 3.05) is 7.11 Å². The number of carbonyl (C=O) groups is 1. The normalized spacial score (nSPS) is 10.9. The maximum atomic E-state index is 12.2. The molecule has 7 heteroatoms. The molecule has 0 unspecified atom stereocenters. The molecule has 0 saturated carbocycles. The summed E-state index contributed by atoms with van der Waals surface area (Å²) in [6.45, 7) is 4.34. The Bertz CT molecular complexity index is 1150. The number of nitrogens with zero attached hydrogens (tertiary/aromatic N) is 1. The maximum absolute atomic E-state index is 12.2. The molecule has 0 spiro atoms. The van der Waals surface area contributed by atoms with Crippen LogP contribution >= 0.6 is 23.2 Å². The third kappa shape index (κ3) is 6.49. The van der Waals surface area contributed by atoms with Crippen LogP contribution in [0.5, 0.6) is 11.5 Å². The summed E-state index contributed by atoms with van der Waals surface area (Å²) in [5.74, 6) is 0.951. The summed E-state index contributed by atoms with van der Waals surface area (Å²) in [5, 5.41) is 5.03. The molecular weight excluding hydrogens is 447 g/mol. The molecule has 3 aromatic carbocycles. The first-order valence-corrected chi connectivity index (χ1v) is 10.7. The number of benzene rings is 3. The van der Waals surface area contributed by atoms with Gasteiger partial charge >= 0.3 is 0 Å². The minimum absolute atomic E-state index is 0.179. The predicted molar refractivity (Wildman–Crippen MR) is 129 cm³/mol. The predicted octanol–water partition coefficient (Wildman–Crippen LogP) is 5.89. The van der Waals surface area contributed by atoms with Crippen molar-refractivity contribution in [1.82, 2.24) is 5.43 Å². The van der Waals surface area contributed by atoms with Gasteiger partial charge in [0.15, 0.2) is 11.5 Å². The Hall–Kier alpha value is -3.02. The van der Waals surface area contributed by atoms with Gasteiger partial charge in [-0.25, -0.2) is 5.43 Å². The Labute approximate surface area is 198 Å². The lowest BCUT2D eigenvalue weighted by Gasteiger charge is -2.12. The minimum atomic E-state index is -0.179. The fourth-order valence-electron chi connectivity index (χ4n) is 3.11. The van der Waals surface area contributed by atoms with Crippen LogP contribution in [0, 0.1) is 13.8 Å². The first-order chi connectivity index (χ1) is 15.4. The standard InChI is InChI=1S/C25H24Cl2N2O3/c1-16-4-7-20(17(2)10-16)13-25(30)29-28-14-18-6-9-23(24(12-18)31-3)32-15-19-5-8-21(26)22(27)11-19/h4-12,14H,13,15H2,1-3H3,(H,29,30)/b28-14-. The largest absolute Gasteiger partial charge is 0.493 e. The average Bonchev–Trinajstić information content (AvgIpc) is 2.77. The zero-order chi connectivity index (χ0) is 23.1. The highest BCUT2D eigenvalue weighted by Crippen LogP contribution is 2.29. The molecule has 0 heterocycles. The Morgan fingerprint density at radius 2 is 1.81 bits per heavy atom. The summed E-state index contributed by atoms with van der Waals surface area (Å²) < 4.78 is 11.3. The highest BCUT2D eigenvalue weighted by Gasteiger charge is 2.08. The van der Waals surface area contributed by atoms with Gasteiger partial charge in [0, 0.05) is 0 Å². The first-order valence-electron chi connectivity index (χ1n) is 9.98. The van der Waals surface area contributed by atoms with Crippen LogP contribution in [-0.2, 0) is 17.8 Å². The van der Waals surface area contributed by atoms with Crippen LogP contribution in [0.25, 0.3) is 0 Å². The molecule has 1 N–H and O–H groups in total. The van der Waals surface area contributed by atoms with Gasteiger partial charge in [0.1, 0.15) is 6.61 Å². The van der Waals surface area contributed by atoms with Gasteiger partial charge < -0.3 is 9.47 Å². The van der Waals surface area contributed by atoms with Crippen LogP contribution in [0.2, 0.25) is 10.0 Å². The number of methoxy groups -OCH3 is 1. The van der Waals surface area contributed by atoms with Crippen molar-refractivity contribution in [3.8, 4) is 11.5 Å². The van der Waals surface area contributed by atoms with Crippen molar-refractivity contribution in [3.63, 3.8) is 0 Å². The van der Waals surface area contributed by atoms with Crippen molar-refractivity contribution < 1.29 is 14.3 Å². The Morgan fingerprint density at radius 1 is 1.00 bits per heavy atom. The van der Waals surface area contributed by atoms with Crippen molar-refractivity contribution in [2.45, 2.75) is 26.9 Å². The molecule has 0 fully saturated rings. The minimum Gasteiger partial charge on any atom is -0.493 e. The number of hydrogen-bond donors (Lipinski definition) is 1. The molecule has 0 aliphatic carbocycles. The highest BCUT2D eigenvalue weighted by atomic mass is 35.5. The summed E-state index contributed by atoms with van der Waals surface area (Å²) >= 11 is 12.0. The topological polar surface area (TPSA) is 59.9 Å². The maximum Gasteiger partial charge on any atom is 0.244 e. The number of rotatable bonds is 8. The molecule has 0 bridgehead atoms. The van der Waals surface area contributed by atoms with E-state index in [1.807, 2.05) is 38.1 Å². The lowest BCUT2D eigenvalue weighted by molar-refractivity contribution is -0.120. The smallest absolute Gasteiger partial charge is 0.244 e. The second kappa shape index (κ2) is 11.0. The molecule has 0 aliphatic rings. The summed E-state index contributed by atoms with van der Waals surface area (Å²) in [7, 11) is 1.56. The molecular formula is C25H24Cl2N2O3. The van der Waals surface area contributed by atoms with Gasteiger partial charge in [-0.3, -0.25) is 4.79 Å². The summed E-state index contributed by atoms with van der Waals surface area (Å²) in [5.41, 5.74) is 7.45. The number of halogens is 2. The molecule has 32 heavy (non-hydrogen) atoms. The Balaban J connectivity index is 1.59. The van der Waals surface area contributed by atoms with Crippen molar-refractivity contribution in [3.05, 3.63) is 92.5 Å². The van der Waals surface area contributed by atoms with Crippen LogP contribution in [-0.4, -0.2) is 19.2 Å². The molecule has 0 radical (unpaired) electrons. The van der Waals surface area contributed by atoms with Crippen molar-refractivity contribution in [2.24, 2.45) is 5.10 Å². The molecule has 1 amide bonds. The van der Waals surface area contributed by atoms with Gasteiger partial charge in [-0.05, 0) is 66.4 Å². The number of hydrazone groups is 1. The number of amides is 1. The van der Waals surface area contributed by atoms with E-state index in [-0.39, 0.29) is 12.3 Å². The molecule has 3 rings (SSSR count). The third-order valence-corrected chi connectivity index (χ3v) is 5.56. The van der Waals surface area contributed by atoms with E-state index in [9.17, 15) is 4.79 Å². The summed E-state index contributed by atoms with van der Waals surface area (Å²) in [6, 6.07) is 16.8.